The van der Waals surface area contributed by atoms with Gasteiger partial charge in [-0.15, -0.1) is 0 Å². The predicted octanol–water partition coefficient (Wildman–Crippen LogP) is 0.431. The highest BCUT2D eigenvalue weighted by molar-refractivity contribution is 5.87. The van der Waals surface area contributed by atoms with Crippen molar-refractivity contribution in [2.45, 2.75) is 25.8 Å². The van der Waals surface area contributed by atoms with E-state index in [1.807, 2.05) is 6.92 Å². The summed E-state index contributed by atoms with van der Waals surface area (Å²) in [6, 6.07) is 0.370. The second-order valence-corrected chi connectivity index (χ2v) is 3.03. The Morgan fingerprint density at radius 1 is 1.50 bits per heavy atom. The molecule has 0 radical (unpaired) electrons. The molecule has 0 aliphatic carbocycles. The molecule has 1 heterocycles. The minimum Gasteiger partial charge on any atom is -0.350 e. The molecule has 0 bridgehead atoms. The lowest BCUT2D eigenvalue weighted by molar-refractivity contribution is -0.117. The highest BCUT2D eigenvalue weighted by Gasteiger charge is 2.13. The molecule has 0 spiro atoms. The van der Waals surface area contributed by atoms with Crippen molar-refractivity contribution in [3.63, 3.8) is 0 Å². The molecule has 0 atom stereocenters. The Labute approximate surface area is 73.2 Å². The molecule has 0 unspecified atom stereocenters. The molecular formula is C9H16N2O. The maximum atomic E-state index is 11.1. The molecule has 0 aromatic rings. The van der Waals surface area contributed by atoms with Gasteiger partial charge in [-0.25, -0.2) is 0 Å². The Bertz CT molecular complexity index is 171. The molecular weight excluding hydrogens is 152 g/mol. The van der Waals surface area contributed by atoms with E-state index in [1.165, 1.54) is 0 Å². The molecule has 1 amide bonds. The summed E-state index contributed by atoms with van der Waals surface area (Å²) >= 11 is 0. The van der Waals surface area contributed by atoms with Gasteiger partial charge in [0.25, 0.3) is 0 Å². The first kappa shape index (κ1) is 9.26. The second-order valence-electron chi connectivity index (χ2n) is 3.03. The van der Waals surface area contributed by atoms with Gasteiger partial charge >= 0.3 is 0 Å². The number of amides is 1. The summed E-state index contributed by atoms with van der Waals surface area (Å²) < 4.78 is 0. The summed E-state index contributed by atoms with van der Waals surface area (Å²) in [5.74, 6) is 0.0319. The number of piperidine rings is 1. The van der Waals surface area contributed by atoms with Gasteiger partial charge in [0.15, 0.2) is 0 Å². The van der Waals surface area contributed by atoms with E-state index in [0.29, 0.717) is 6.04 Å². The summed E-state index contributed by atoms with van der Waals surface area (Å²) in [6.45, 7) is 3.88. The Kier molecular flexibility index (Phi) is 3.80. The molecule has 1 saturated heterocycles. The van der Waals surface area contributed by atoms with Gasteiger partial charge in [0.05, 0.1) is 0 Å². The van der Waals surface area contributed by atoms with Gasteiger partial charge in [0.1, 0.15) is 0 Å². The Balaban J connectivity index is 2.24. The van der Waals surface area contributed by atoms with Gasteiger partial charge in [0, 0.05) is 6.04 Å². The van der Waals surface area contributed by atoms with E-state index >= 15 is 0 Å². The van der Waals surface area contributed by atoms with Crippen LogP contribution >= 0.6 is 0 Å². The van der Waals surface area contributed by atoms with E-state index in [4.69, 9.17) is 0 Å². The second kappa shape index (κ2) is 4.93. The van der Waals surface area contributed by atoms with Crippen LogP contribution in [0.2, 0.25) is 0 Å². The zero-order chi connectivity index (χ0) is 8.81. The fraction of sp³-hybridized carbons (Fsp3) is 0.667. The zero-order valence-electron chi connectivity index (χ0n) is 7.47. The SMILES string of the molecule is C/C=C/C(=O)NC1CCNCC1. The molecule has 1 fully saturated rings. The van der Waals surface area contributed by atoms with Crippen LogP contribution in [0, 0.1) is 0 Å². The maximum absolute atomic E-state index is 11.1. The monoisotopic (exact) mass is 168 g/mol. The molecule has 0 aromatic heterocycles. The van der Waals surface area contributed by atoms with Crippen LogP contribution in [0.4, 0.5) is 0 Å². The van der Waals surface area contributed by atoms with Crippen LogP contribution in [0.5, 0.6) is 0 Å². The van der Waals surface area contributed by atoms with Crippen LogP contribution in [0.3, 0.4) is 0 Å². The Hall–Kier alpha value is -0.830. The minimum absolute atomic E-state index is 0.0319. The normalized spacial score (nSPS) is 19.8. The zero-order valence-corrected chi connectivity index (χ0v) is 7.47. The first-order valence-electron chi connectivity index (χ1n) is 4.47. The van der Waals surface area contributed by atoms with Crippen molar-refractivity contribution in [3.8, 4) is 0 Å². The third kappa shape index (κ3) is 3.05. The molecule has 3 nitrogen and oxygen atoms in total. The van der Waals surface area contributed by atoms with Gasteiger partial charge in [-0.2, -0.15) is 0 Å². The largest absolute Gasteiger partial charge is 0.350 e. The predicted molar refractivity (Wildman–Crippen MR) is 48.8 cm³/mol. The Morgan fingerprint density at radius 2 is 2.17 bits per heavy atom. The van der Waals surface area contributed by atoms with Gasteiger partial charge in [-0.3, -0.25) is 4.79 Å². The van der Waals surface area contributed by atoms with Crippen LogP contribution in [0.15, 0.2) is 12.2 Å². The number of carbonyl (C=O) groups excluding carboxylic acids is 1. The van der Waals surface area contributed by atoms with Crippen molar-refractivity contribution in [1.29, 1.82) is 0 Å². The quantitative estimate of drug-likeness (QED) is 0.587. The summed E-state index contributed by atoms with van der Waals surface area (Å²) in [5.41, 5.74) is 0. The van der Waals surface area contributed by atoms with Crippen molar-refractivity contribution in [2.24, 2.45) is 0 Å². The first-order chi connectivity index (χ1) is 5.83. The van der Waals surface area contributed by atoms with Gasteiger partial charge in [0.2, 0.25) is 5.91 Å². The number of hydrogen-bond donors (Lipinski definition) is 2. The average molecular weight is 168 g/mol. The third-order valence-corrected chi connectivity index (χ3v) is 2.00. The van der Waals surface area contributed by atoms with E-state index in [9.17, 15) is 4.79 Å². The maximum Gasteiger partial charge on any atom is 0.243 e. The third-order valence-electron chi connectivity index (χ3n) is 2.00. The highest BCUT2D eigenvalue weighted by atomic mass is 16.1. The standard InChI is InChI=1S/C9H16N2O/c1-2-3-9(12)11-8-4-6-10-7-5-8/h2-3,8,10H,4-7H2,1H3,(H,11,12)/b3-2+. The van der Waals surface area contributed by atoms with Crippen molar-refractivity contribution in [1.82, 2.24) is 10.6 Å². The van der Waals surface area contributed by atoms with Crippen LogP contribution in [0.1, 0.15) is 19.8 Å². The van der Waals surface area contributed by atoms with Crippen LogP contribution in [0.25, 0.3) is 0 Å². The Morgan fingerprint density at radius 3 is 2.75 bits per heavy atom. The number of carbonyl (C=O) groups is 1. The molecule has 1 aliphatic heterocycles. The molecule has 3 heteroatoms. The van der Waals surface area contributed by atoms with E-state index in [1.54, 1.807) is 12.2 Å². The van der Waals surface area contributed by atoms with Crippen LogP contribution in [-0.2, 0) is 4.79 Å². The summed E-state index contributed by atoms with van der Waals surface area (Å²) in [5, 5.41) is 6.20. The topological polar surface area (TPSA) is 41.1 Å². The van der Waals surface area contributed by atoms with Crippen molar-refractivity contribution < 1.29 is 4.79 Å². The smallest absolute Gasteiger partial charge is 0.243 e. The van der Waals surface area contributed by atoms with Crippen LogP contribution in [-0.4, -0.2) is 25.0 Å². The number of allylic oxidation sites excluding steroid dienone is 1. The number of hydrogen-bond acceptors (Lipinski definition) is 2. The first-order valence-corrected chi connectivity index (χ1v) is 4.47. The lowest BCUT2D eigenvalue weighted by atomic mass is 10.1. The van der Waals surface area contributed by atoms with E-state index in [0.717, 1.165) is 25.9 Å². The van der Waals surface area contributed by atoms with E-state index < -0.39 is 0 Å². The molecule has 2 N–H and O–H groups in total. The average Bonchev–Trinajstić information content (AvgIpc) is 2.06. The van der Waals surface area contributed by atoms with Gasteiger partial charge < -0.3 is 10.6 Å². The van der Waals surface area contributed by atoms with Gasteiger partial charge in [-0.05, 0) is 38.9 Å². The summed E-state index contributed by atoms with van der Waals surface area (Å²) in [6.07, 6.45) is 5.42. The molecule has 0 saturated carbocycles. The summed E-state index contributed by atoms with van der Waals surface area (Å²) in [7, 11) is 0. The summed E-state index contributed by atoms with van der Waals surface area (Å²) in [4.78, 5) is 11.1. The fourth-order valence-corrected chi connectivity index (χ4v) is 1.37. The molecule has 68 valence electrons. The number of rotatable bonds is 2. The highest BCUT2D eigenvalue weighted by Crippen LogP contribution is 2.01. The fourth-order valence-electron chi connectivity index (χ4n) is 1.37. The molecule has 1 rings (SSSR count). The van der Waals surface area contributed by atoms with Crippen molar-refractivity contribution >= 4 is 5.91 Å². The van der Waals surface area contributed by atoms with E-state index in [-0.39, 0.29) is 5.91 Å². The van der Waals surface area contributed by atoms with Crippen molar-refractivity contribution in [3.05, 3.63) is 12.2 Å². The lowest BCUT2D eigenvalue weighted by Crippen LogP contribution is -2.42. The van der Waals surface area contributed by atoms with E-state index in [2.05, 4.69) is 10.6 Å². The van der Waals surface area contributed by atoms with Crippen LogP contribution < -0.4 is 10.6 Å². The minimum atomic E-state index is 0.0319. The molecule has 1 aliphatic rings. The lowest BCUT2D eigenvalue weighted by Gasteiger charge is -2.22. The molecule has 12 heavy (non-hydrogen) atoms. The number of nitrogens with one attached hydrogen (secondary N) is 2. The van der Waals surface area contributed by atoms with Crippen molar-refractivity contribution in [2.75, 3.05) is 13.1 Å². The van der Waals surface area contributed by atoms with Gasteiger partial charge in [-0.1, -0.05) is 6.08 Å². The molecule has 0 aromatic carbocycles.